The number of piperidine rings is 1. The number of carbonyl (C=O) groups is 1. The van der Waals surface area contributed by atoms with Crippen molar-refractivity contribution in [2.45, 2.75) is 57.5 Å². The minimum atomic E-state index is -0.334. The fourth-order valence-electron chi connectivity index (χ4n) is 4.29. The molecule has 1 aromatic rings. The number of halogens is 1. The highest BCUT2D eigenvalue weighted by Crippen LogP contribution is 2.28. The van der Waals surface area contributed by atoms with Gasteiger partial charge in [0.15, 0.2) is 0 Å². The molecule has 1 amide bonds. The number of nitrogens with zero attached hydrogens (tertiary/aromatic N) is 2. The first kappa shape index (κ1) is 21.2. The van der Waals surface area contributed by atoms with Crippen LogP contribution < -0.4 is 15.5 Å². The van der Waals surface area contributed by atoms with Crippen LogP contribution >= 0.6 is 15.9 Å². The van der Waals surface area contributed by atoms with E-state index in [0.29, 0.717) is 30.0 Å². The van der Waals surface area contributed by atoms with Crippen molar-refractivity contribution in [3.8, 4) is 0 Å². The molecule has 2 atom stereocenters. The van der Waals surface area contributed by atoms with Gasteiger partial charge in [0.05, 0.1) is 11.4 Å². The molecule has 0 aromatic carbocycles. The van der Waals surface area contributed by atoms with Gasteiger partial charge in [0, 0.05) is 48.4 Å². The van der Waals surface area contributed by atoms with Crippen LogP contribution in [-0.2, 0) is 0 Å². The summed E-state index contributed by atoms with van der Waals surface area (Å²) in [5, 5.41) is 23.9. The van der Waals surface area contributed by atoms with Crippen LogP contribution in [-0.4, -0.2) is 53.6 Å². The van der Waals surface area contributed by atoms with Gasteiger partial charge in [0.25, 0.3) is 5.91 Å². The molecule has 1 aromatic heterocycles. The van der Waals surface area contributed by atoms with Crippen molar-refractivity contribution >= 4 is 33.5 Å². The van der Waals surface area contributed by atoms with E-state index in [9.17, 15) is 9.90 Å². The summed E-state index contributed by atoms with van der Waals surface area (Å²) in [6.07, 6.45) is 8.94. The highest BCUT2D eigenvalue weighted by atomic mass is 79.9. The Morgan fingerprint density at radius 2 is 2.11 bits per heavy atom. The first-order valence-corrected chi connectivity index (χ1v) is 10.9. The Morgan fingerprint density at radius 3 is 2.79 bits per heavy atom. The molecule has 3 rings (SSSR count). The number of rotatable bonds is 5. The summed E-state index contributed by atoms with van der Waals surface area (Å²) < 4.78 is 0.719. The van der Waals surface area contributed by atoms with Gasteiger partial charge in [-0.25, -0.2) is 4.98 Å². The van der Waals surface area contributed by atoms with Gasteiger partial charge in [-0.1, -0.05) is 19.3 Å². The van der Waals surface area contributed by atoms with Gasteiger partial charge in [-0.15, -0.1) is 0 Å². The molecule has 1 saturated heterocycles. The van der Waals surface area contributed by atoms with E-state index in [1.807, 2.05) is 0 Å². The first-order chi connectivity index (χ1) is 13.5. The Balaban J connectivity index is 1.73. The van der Waals surface area contributed by atoms with Crippen LogP contribution in [0, 0.1) is 11.3 Å². The van der Waals surface area contributed by atoms with Crippen molar-refractivity contribution in [1.82, 2.24) is 15.6 Å². The lowest BCUT2D eigenvalue weighted by atomic mass is 9.89. The van der Waals surface area contributed by atoms with Gasteiger partial charge >= 0.3 is 0 Å². The molecule has 2 unspecified atom stereocenters. The van der Waals surface area contributed by atoms with Crippen LogP contribution in [0.2, 0.25) is 0 Å². The van der Waals surface area contributed by atoms with Crippen LogP contribution in [0.1, 0.15) is 55.8 Å². The molecule has 4 N–H and O–H groups in total. The number of hydrogen-bond donors (Lipinski definition) is 4. The molecule has 154 valence electrons. The minimum Gasteiger partial charge on any atom is -0.396 e. The Labute approximate surface area is 174 Å². The summed E-state index contributed by atoms with van der Waals surface area (Å²) in [5.41, 5.74) is 0.441. The molecule has 0 spiro atoms. The minimum absolute atomic E-state index is 0.0968. The van der Waals surface area contributed by atoms with Gasteiger partial charge in [0.1, 0.15) is 5.82 Å². The molecule has 7 nitrogen and oxygen atoms in total. The predicted molar refractivity (Wildman–Crippen MR) is 114 cm³/mol. The lowest BCUT2D eigenvalue weighted by Crippen LogP contribution is -2.54. The maximum atomic E-state index is 12.5. The number of nitrogens with one attached hydrogen (secondary N) is 3. The third-order valence-corrected chi connectivity index (χ3v) is 6.14. The Hall–Kier alpha value is -1.51. The summed E-state index contributed by atoms with van der Waals surface area (Å²) in [6.45, 7) is 3.07. The van der Waals surface area contributed by atoms with E-state index in [0.717, 1.165) is 17.4 Å². The predicted octanol–water partition coefficient (Wildman–Crippen LogP) is 2.68. The molecule has 2 fully saturated rings. The van der Waals surface area contributed by atoms with Crippen LogP contribution in [0.15, 0.2) is 16.7 Å². The van der Waals surface area contributed by atoms with E-state index in [2.05, 4.69) is 36.4 Å². The molecular formula is C20H30BrN5O2. The second kappa shape index (κ2) is 9.80. The maximum absolute atomic E-state index is 12.5. The number of amides is 1. The average molecular weight is 452 g/mol. The highest BCUT2D eigenvalue weighted by molar-refractivity contribution is 9.10. The summed E-state index contributed by atoms with van der Waals surface area (Å²) in [4.78, 5) is 19.1. The number of pyridine rings is 1. The van der Waals surface area contributed by atoms with Crippen molar-refractivity contribution in [2.24, 2.45) is 5.92 Å². The fourth-order valence-corrected chi connectivity index (χ4v) is 4.62. The second-order valence-corrected chi connectivity index (χ2v) is 8.80. The van der Waals surface area contributed by atoms with Crippen LogP contribution in [0.25, 0.3) is 0 Å². The number of aliphatic hydroxyl groups excluding tert-OH is 1. The van der Waals surface area contributed by atoms with Crippen molar-refractivity contribution in [1.29, 1.82) is 5.41 Å². The number of carbonyl (C=O) groups excluding carboxylic acids is 1. The van der Waals surface area contributed by atoms with Crippen LogP contribution in [0.4, 0.5) is 5.82 Å². The van der Waals surface area contributed by atoms with Crippen molar-refractivity contribution in [3.63, 3.8) is 0 Å². The third kappa shape index (κ3) is 5.30. The standard InChI is InChI=1S/C20H30BrN5O2/c1-13(22)24-20(28)17-9-15(21)10-23-19(17)26-8-7-18(14(11-26)12-27)25-16-5-3-2-4-6-16/h9-10,14,16,18,25,27H,2-8,11-12H2,1H3,(H2,22,24,28). The topological polar surface area (TPSA) is 101 Å². The summed E-state index contributed by atoms with van der Waals surface area (Å²) in [7, 11) is 0. The monoisotopic (exact) mass is 451 g/mol. The molecule has 1 saturated carbocycles. The number of aromatic nitrogens is 1. The summed E-state index contributed by atoms with van der Waals surface area (Å²) in [6, 6.07) is 2.59. The SMILES string of the molecule is CC(=N)NC(=O)c1cc(Br)cnc1N1CCC(NC2CCCCC2)C(CO)C1. The average Bonchev–Trinajstić information content (AvgIpc) is 2.68. The molecule has 1 aliphatic carbocycles. The molecule has 2 heterocycles. The lowest BCUT2D eigenvalue weighted by Gasteiger charge is -2.41. The number of amidine groups is 1. The van der Waals surface area contributed by atoms with Crippen molar-refractivity contribution < 1.29 is 9.90 Å². The molecule has 0 bridgehead atoms. The van der Waals surface area contributed by atoms with Crippen molar-refractivity contribution in [2.75, 3.05) is 24.6 Å². The fraction of sp³-hybridized carbons (Fsp3) is 0.650. The van der Waals surface area contributed by atoms with E-state index < -0.39 is 0 Å². The maximum Gasteiger partial charge on any atom is 0.260 e. The van der Waals surface area contributed by atoms with Crippen molar-refractivity contribution in [3.05, 3.63) is 22.3 Å². The van der Waals surface area contributed by atoms with Crippen LogP contribution in [0.3, 0.4) is 0 Å². The quantitative estimate of drug-likeness (QED) is 0.407. The molecule has 0 radical (unpaired) electrons. The van der Waals surface area contributed by atoms with Crippen LogP contribution in [0.5, 0.6) is 0 Å². The zero-order valence-corrected chi connectivity index (χ0v) is 18.0. The van der Waals surface area contributed by atoms with E-state index >= 15 is 0 Å². The molecule has 8 heteroatoms. The third-order valence-electron chi connectivity index (χ3n) is 5.70. The smallest absolute Gasteiger partial charge is 0.260 e. The van der Waals surface area contributed by atoms with Gasteiger partial charge in [-0.3, -0.25) is 10.2 Å². The Morgan fingerprint density at radius 1 is 1.36 bits per heavy atom. The van der Waals surface area contributed by atoms with E-state index in [1.165, 1.54) is 39.0 Å². The zero-order valence-electron chi connectivity index (χ0n) is 16.4. The molecule has 28 heavy (non-hydrogen) atoms. The van der Waals surface area contributed by atoms with Gasteiger partial charge in [0.2, 0.25) is 0 Å². The van der Waals surface area contributed by atoms with E-state index in [4.69, 9.17) is 5.41 Å². The zero-order chi connectivity index (χ0) is 20.1. The Kier molecular flexibility index (Phi) is 7.42. The normalized spacial score (nSPS) is 23.5. The van der Waals surface area contributed by atoms with Gasteiger partial charge in [-0.05, 0) is 48.2 Å². The van der Waals surface area contributed by atoms with Gasteiger partial charge in [-0.2, -0.15) is 0 Å². The first-order valence-electron chi connectivity index (χ1n) is 10.1. The van der Waals surface area contributed by atoms with Gasteiger partial charge < -0.3 is 20.6 Å². The second-order valence-electron chi connectivity index (χ2n) is 7.89. The van der Waals surface area contributed by atoms with E-state index in [-0.39, 0.29) is 24.3 Å². The molecular weight excluding hydrogens is 422 g/mol. The van der Waals surface area contributed by atoms with E-state index in [1.54, 1.807) is 12.3 Å². The largest absolute Gasteiger partial charge is 0.396 e. The molecule has 2 aliphatic rings. The highest BCUT2D eigenvalue weighted by Gasteiger charge is 2.32. The summed E-state index contributed by atoms with van der Waals surface area (Å²) >= 11 is 3.38. The lowest BCUT2D eigenvalue weighted by molar-refractivity contribution is 0.0976. The summed E-state index contributed by atoms with van der Waals surface area (Å²) in [5.74, 6) is 0.469. The molecule has 1 aliphatic heterocycles. The number of aliphatic hydroxyl groups is 1. The Bertz CT molecular complexity index is 708. The number of hydrogen-bond acceptors (Lipinski definition) is 6. The number of anilines is 1.